The molecule has 3 rings (SSSR count). The molecule has 0 amide bonds. The molecule has 112 valence electrons. The van der Waals surface area contributed by atoms with Gasteiger partial charge in [0.25, 0.3) is 0 Å². The molecule has 4 nitrogen and oxygen atoms in total. The molecule has 1 aliphatic rings. The van der Waals surface area contributed by atoms with Crippen molar-refractivity contribution in [1.29, 1.82) is 0 Å². The molecule has 0 radical (unpaired) electrons. The number of hydrogen-bond donors (Lipinski definition) is 0. The van der Waals surface area contributed by atoms with E-state index in [0.29, 0.717) is 29.3 Å². The lowest BCUT2D eigenvalue weighted by molar-refractivity contribution is 0.165. The van der Waals surface area contributed by atoms with Crippen LogP contribution in [0.1, 0.15) is 38.0 Å². The van der Waals surface area contributed by atoms with Crippen LogP contribution in [0.15, 0.2) is 28.8 Å². The molecule has 1 aromatic carbocycles. The lowest BCUT2D eigenvalue weighted by Crippen LogP contribution is -2.32. The molecule has 1 saturated carbocycles. The number of aromatic nitrogens is 2. The molecule has 0 unspecified atom stereocenters. The van der Waals surface area contributed by atoms with E-state index in [1.807, 2.05) is 24.3 Å². The summed E-state index contributed by atoms with van der Waals surface area (Å²) in [4.78, 5) is 6.81. The van der Waals surface area contributed by atoms with Crippen LogP contribution in [0.25, 0.3) is 11.4 Å². The Balaban J connectivity index is 1.67. The highest BCUT2D eigenvalue weighted by Crippen LogP contribution is 2.24. The van der Waals surface area contributed by atoms with Gasteiger partial charge in [-0.1, -0.05) is 48.2 Å². The van der Waals surface area contributed by atoms with E-state index in [9.17, 15) is 0 Å². The normalized spacial score (nSPS) is 16.5. The minimum atomic E-state index is 0.601. The molecule has 0 N–H and O–H groups in total. The van der Waals surface area contributed by atoms with Gasteiger partial charge in [0.1, 0.15) is 0 Å². The van der Waals surface area contributed by atoms with E-state index in [1.165, 1.54) is 32.1 Å². The first-order valence-corrected chi connectivity index (χ1v) is 7.89. The average Bonchev–Trinajstić information content (AvgIpc) is 2.97. The fourth-order valence-electron chi connectivity index (χ4n) is 2.93. The topological polar surface area (TPSA) is 42.2 Å². The highest BCUT2D eigenvalue weighted by molar-refractivity contribution is 6.30. The van der Waals surface area contributed by atoms with Crippen molar-refractivity contribution in [3.05, 3.63) is 35.2 Å². The molecule has 0 atom stereocenters. The molecule has 1 fully saturated rings. The van der Waals surface area contributed by atoms with Gasteiger partial charge >= 0.3 is 0 Å². The largest absolute Gasteiger partial charge is 0.338 e. The molecule has 0 aliphatic heterocycles. The minimum Gasteiger partial charge on any atom is -0.338 e. The van der Waals surface area contributed by atoms with Gasteiger partial charge in [-0.3, -0.25) is 4.90 Å². The first kappa shape index (κ1) is 14.5. The molecular formula is C16H20ClN3O. The summed E-state index contributed by atoms with van der Waals surface area (Å²) in [6.07, 6.45) is 6.56. The maximum Gasteiger partial charge on any atom is 0.241 e. The molecule has 5 heteroatoms. The van der Waals surface area contributed by atoms with E-state index < -0.39 is 0 Å². The summed E-state index contributed by atoms with van der Waals surface area (Å²) in [5.74, 6) is 1.27. The van der Waals surface area contributed by atoms with E-state index >= 15 is 0 Å². The van der Waals surface area contributed by atoms with Crippen LogP contribution in [0, 0.1) is 0 Å². The zero-order valence-corrected chi connectivity index (χ0v) is 13.0. The van der Waals surface area contributed by atoms with Gasteiger partial charge in [0.2, 0.25) is 11.7 Å². The highest BCUT2D eigenvalue weighted by Gasteiger charge is 2.20. The van der Waals surface area contributed by atoms with Crippen LogP contribution >= 0.6 is 11.6 Å². The van der Waals surface area contributed by atoms with E-state index in [4.69, 9.17) is 16.1 Å². The Labute approximate surface area is 130 Å². The van der Waals surface area contributed by atoms with Gasteiger partial charge < -0.3 is 4.52 Å². The summed E-state index contributed by atoms with van der Waals surface area (Å²) in [5.41, 5.74) is 0.887. The van der Waals surface area contributed by atoms with Gasteiger partial charge in [0.05, 0.1) is 6.54 Å². The van der Waals surface area contributed by atoms with Crippen molar-refractivity contribution in [1.82, 2.24) is 15.0 Å². The smallest absolute Gasteiger partial charge is 0.241 e. The number of benzene rings is 1. The minimum absolute atomic E-state index is 0.601. The van der Waals surface area contributed by atoms with E-state index in [0.717, 1.165) is 5.56 Å². The predicted octanol–water partition coefficient (Wildman–Crippen LogP) is 4.15. The quantitative estimate of drug-likeness (QED) is 0.851. The first-order valence-electron chi connectivity index (χ1n) is 7.51. The van der Waals surface area contributed by atoms with Crippen LogP contribution in [0.2, 0.25) is 5.02 Å². The van der Waals surface area contributed by atoms with E-state index in [1.54, 1.807) is 0 Å². The van der Waals surface area contributed by atoms with Gasteiger partial charge in [0, 0.05) is 16.6 Å². The number of rotatable bonds is 4. The van der Waals surface area contributed by atoms with Crippen molar-refractivity contribution < 1.29 is 4.52 Å². The van der Waals surface area contributed by atoms with Gasteiger partial charge in [-0.15, -0.1) is 0 Å². The van der Waals surface area contributed by atoms with E-state index in [2.05, 4.69) is 22.1 Å². The average molecular weight is 306 g/mol. The van der Waals surface area contributed by atoms with Gasteiger partial charge in [-0.25, -0.2) is 0 Å². The summed E-state index contributed by atoms with van der Waals surface area (Å²) in [5, 5.41) is 4.73. The van der Waals surface area contributed by atoms with Crippen LogP contribution in [-0.2, 0) is 6.54 Å². The van der Waals surface area contributed by atoms with Gasteiger partial charge in [0.15, 0.2) is 0 Å². The van der Waals surface area contributed by atoms with Crippen LogP contribution in [-0.4, -0.2) is 28.1 Å². The van der Waals surface area contributed by atoms with Gasteiger partial charge in [-0.2, -0.15) is 4.98 Å². The number of nitrogens with zero attached hydrogens (tertiary/aromatic N) is 3. The second-order valence-electron chi connectivity index (χ2n) is 5.73. The Morgan fingerprint density at radius 2 is 2.10 bits per heavy atom. The number of hydrogen-bond acceptors (Lipinski definition) is 4. The maximum absolute atomic E-state index is 5.99. The third kappa shape index (κ3) is 3.63. The third-order valence-electron chi connectivity index (χ3n) is 4.13. The fourth-order valence-corrected chi connectivity index (χ4v) is 3.12. The summed E-state index contributed by atoms with van der Waals surface area (Å²) in [7, 11) is 2.14. The van der Waals surface area contributed by atoms with Crippen LogP contribution in [0.4, 0.5) is 0 Å². The van der Waals surface area contributed by atoms with E-state index in [-0.39, 0.29) is 0 Å². The van der Waals surface area contributed by atoms with Gasteiger partial charge in [-0.05, 0) is 32.0 Å². The van der Waals surface area contributed by atoms with Crippen molar-refractivity contribution >= 4 is 11.6 Å². The molecule has 1 aromatic heterocycles. The third-order valence-corrected chi connectivity index (χ3v) is 4.37. The second-order valence-corrected chi connectivity index (χ2v) is 6.17. The Hall–Kier alpha value is -1.39. The summed E-state index contributed by atoms with van der Waals surface area (Å²) in [6, 6.07) is 8.15. The van der Waals surface area contributed by atoms with Crippen LogP contribution in [0.5, 0.6) is 0 Å². The fraction of sp³-hybridized carbons (Fsp3) is 0.500. The molecule has 0 saturated heterocycles. The summed E-state index contributed by atoms with van der Waals surface area (Å²) < 4.78 is 5.37. The standard InChI is InChI=1S/C16H20ClN3O/c1-20(14-8-3-2-4-9-14)11-15-18-16(19-21-15)12-6-5-7-13(17)10-12/h5-7,10,14H,2-4,8-9,11H2,1H3. The lowest BCUT2D eigenvalue weighted by atomic mass is 9.94. The lowest BCUT2D eigenvalue weighted by Gasteiger charge is -2.29. The zero-order valence-electron chi connectivity index (χ0n) is 12.3. The molecular weight excluding hydrogens is 286 g/mol. The molecule has 2 aromatic rings. The maximum atomic E-state index is 5.99. The summed E-state index contributed by atoms with van der Waals surface area (Å²) in [6.45, 7) is 0.707. The molecule has 0 spiro atoms. The predicted molar refractivity (Wildman–Crippen MR) is 83.1 cm³/mol. The Bertz CT molecular complexity index is 593. The molecule has 0 bridgehead atoms. The second kappa shape index (κ2) is 6.58. The highest BCUT2D eigenvalue weighted by atomic mass is 35.5. The van der Waals surface area contributed by atoms with Crippen molar-refractivity contribution in [2.24, 2.45) is 0 Å². The Kier molecular flexibility index (Phi) is 4.56. The van der Waals surface area contributed by atoms with Crippen molar-refractivity contribution in [2.75, 3.05) is 7.05 Å². The van der Waals surface area contributed by atoms with Crippen molar-refractivity contribution in [2.45, 2.75) is 44.7 Å². The Morgan fingerprint density at radius 3 is 2.86 bits per heavy atom. The first-order chi connectivity index (χ1) is 10.2. The monoisotopic (exact) mass is 305 g/mol. The molecule has 1 aliphatic carbocycles. The molecule has 21 heavy (non-hydrogen) atoms. The number of halogens is 1. The molecule has 1 heterocycles. The zero-order chi connectivity index (χ0) is 14.7. The Morgan fingerprint density at radius 1 is 1.29 bits per heavy atom. The van der Waals surface area contributed by atoms with Crippen LogP contribution < -0.4 is 0 Å². The van der Waals surface area contributed by atoms with Crippen molar-refractivity contribution in [3.63, 3.8) is 0 Å². The van der Waals surface area contributed by atoms with Crippen molar-refractivity contribution in [3.8, 4) is 11.4 Å². The summed E-state index contributed by atoms with van der Waals surface area (Å²) >= 11 is 5.99. The van der Waals surface area contributed by atoms with Crippen LogP contribution in [0.3, 0.4) is 0 Å². The SMILES string of the molecule is CN(Cc1nc(-c2cccc(Cl)c2)no1)C1CCCCC1.